The van der Waals surface area contributed by atoms with Crippen LogP contribution in [0.1, 0.15) is 16.7 Å². The van der Waals surface area contributed by atoms with E-state index in [4.69, 9.17) is 0 Å². The Morgan fingerprint density at radius 1 is 1.00 bits per heavy atom. The van der Waals surface area contributed by atoms with E-state index in [-0.39, 0.29) is 0 Å². The van der Waals surface area contributed by atoms with Gasteiger partial charge in [-0.3, -0.25) is 4.90 Å². The van der Waals surface area contributed by atoms with Crippen LogP contribution < -0.4 is 5.32 Å². The van der Waals surface area contributed by atoms with Crippen LogP contribution in [0.25, 0.3) is 0 Å². The summed E-state index contributed by atoms with van der Waals surface area (Å²) in [6.45, 7) is 3.27. The van der Waals surface area contributed by atoms with E-state index in [1.54, 1.807) is 0 Å². The highest BCUT2D eigenvalue weighted by molar-refractivity contribution is 5.30. The zero-order valence-electron chi connectivity index (χ0n) is 12.8. The van der Waals surface area contributed by atoms with Crippen LogP contribution in [0, 0.1) is 0 Å². The quantitative estimate of drug-likeness (QED) is 0.906. The van der Waals surface area contributed by atoms with Crippen molar-refractivity contribution in [1.82, 2.24) is 10.2 Å². The van der Waals surface area contributed by atoms with Crippen LogP contribution in [0.15, 0.2) is 54.6 Å². The van der Waals surface area contributed by atoms with E-state index < -0.39 is 0 Å². The molecule has 0 radical (unpaired) electrons. The van der Waals surface area contributed by atoms with E-state index in [0.29, 0.717) is 6.04 Å². The molecule has 0 amide bonds. The van der Waals surface area contributed by atoms with Gasteiger partial charge in [-0.2, -0.15) is 0 Å². The first kappa shape index (κ1) is 14.3. The lowest BCUT2D eigenvalue weighted by Crippen LogP contribution is -2.46. The molecule has 0 saturated heterocycles. The van der Waals surface area contributed by atoms with Gasteiger partial charge in [-0.1, -0.05) is 54.6 Å². The minimum atomic E-state index is 0.605. The molecule has 2 aromatic rings. The van der Waals surface area contributed by atoms with Crippen molar-refractivity contribution in [2.75, 3.05) is 20.1 Å². The summed E-state index contributed by atoms with van der Waals surface area (Å²) in [6, 6.07) is 20.3. The minimum absolute atomic E-state index is 0.605. The normalized spacial score (nSPS) is 18.4. The lowest BCUT2D eigenvalue weighted by molar-refractivity contribution is 0.172. The third-order valence-electron chi connectivity index (χ3n) is 4.43. The second-order valence-corrected chi connectivity index (χ2v) is 5.89. The van der Waals surface area contributed by atoms with Gasteiger partial charge in [-0.25, -0.2) is 0 Å². The first-order valence-corrected chi connectivity index (χ1v) is 7.86. The second-order valence-electron chi connectivity index (χ2n) is 5.89. The number of fused-ring (bicyclic) bond motifs is 1. The topological polar surface area (TPSA) is 15.3 Å². The van der Waals surface area contributed by atoms with Crippen molar-refractivity contribution < 1.29 is 0 Å². The molecular formula is C19H24N2. The van der Waals surface area contributed by atoms with Gasteiger partial charge in [0.05, 0.1) is 0 Å². The van der Waals surface area contributed by atoms with Crippen LogP contribution in [0.3, 0.4) is 0 Å². The van der Waals surface area contributed by atoms with Crippen LogP contribution in [-0.4, -0.2) is 31.1 Å². The van der Waals surface area contributed by atoms with Gasteiger partial charge in [-0.05, 0) is 36.6 Å². The molecule has 21 heavy (non-hydrogen) atoms. The van der Waals surface area contributed by atoms with E-state index in [2.05, 4.69) is 71.9 Å². The summed E-state index contributed by atoms with van der Waals surface area (Å²) < 4.78 is 0. The predicted octanol–water partition coefficient (Wildman–Crippen LogP) is 2.88. The highest BCUT2D eigenvalue weighted by atomic mass is 15.2. The van der Waals surface area contributed by atoms with Crippen LogP contribution >= 0.6 is 0 Å². The molecule has 0 saturated carbocycles. The Kier molecular flexibility index (Phi) is 4.69. The Labute approximate surface area is 127 Å². The van der Waals surface area contributed by atoms with E-state index in [1.165, 1.54) is 16.7 Å². The molecule has 3 rings (SSSR count). The van der Waals surface area contributed by atoms with Crippen molar-refractivity contribution >= 4 is 0 Å². The maximum atomic E-state index is 3.35. The molecule has 1 atom stereocenters. The molecule has 0 bridgehead atoms. The maximum Gasteiger partial charge on any atom is 0.0264 e. The molecule has 0 aromatic heterocycles. The zero-order chi connectivity index (χ0) is 14.5. The average molecular weight is 280 g/mol. The van der Waals surface area contributed by atoms with Crippen LogP contribution in [0.2, 0.25) is 0 Å². The first-order chi connectivity index (χ1) is 10.4. The molecular weight excluding hydrogens is 256 g/mol. The van der Waals surface area contributed by atoms with E-state index >= 15 is 0 Å². The number of hydrogen-bond donors (Lipinski definition) is 1. The SMILES string of the molecule is CNCC1Cc2ccccc2CN1CCc1ccccc1. The van der Waals surface area contributed by atoms with E-state index in [9.17, 15) is 0 Å². The van der Waals surface area contributed by atoms with Gasteiger partial charge in [0, 0.05) is 25.7 Å². The van der Waals surface area contributed by atoms with Crippen molar-refractivity contribution in [2.45, 2.75) is 25.4 Å². The number of nitrogens with zero attached hydrogens (tertiary/aromatic N) is 1. The summed E-state index contributed by atoms with van der Waals surface area (Å²) in [5, 5.41) is 3.35. The standard InChI is InChI=1S/C19H24N2/c1-20-14-19-13-17-9-5-6-10-18(17)15-21(19)12-11-16-7-3-2-4-8-16/h2-10,19-20H,11-15H2,1H3. The summed E-state index contributed by atoms with van der Waals surface area (Å²) in [7, 11) is 2.05. The predicted molar refractivity (Wildman–Crippen MR) is 88.4 cm³/mol. The van der Waals surface area contributed by atoms with Gasteiger partial charge >= 0.3 is 0 Å². The molecule has 1 N–H and O–H groups in total. The third-order valence-corrected chi connectivity index (χ3v) is 4.43. The molecule has 1 unspecified atom stereocenters. The van der Waals surface area contributed by atoms with Gasteiger partial charge < -0.3 is 5.32 Å². The van der Waals surface area contributed by atoms with Gasteiger partial charge in [0.2, 0.25) is 0 Å². The first-order valence-electron chi connectivity index (χ1n) is 7.86. The minimum Gasteiger partial charge on any atom is -0.318 e. The largest absolute Gasteiger partial charge is 0.318 e. The molecule has 1 heterocycles. The molecule has 0 spiro atoms. The fourth-order valence-electron chi connectivity index (χ4n) is 3.26. The molecule has 0 fully saturated rings. The number of benzene rings is 2. The molecule has 1 aliphatic heterocycles. The Hall–Kier alpha value is -1.64. The number of nitrogens with one attached hydrogen (secondary N) is 1. The van der Waals surface area contributed by atoms with Gasteiger partial charge in [0.1, 0.15) is 0 Å². The van der Waals surface area contributed by atoms with Crippen LogP contribution in [0.5, 0.6) is 0 Å². The number of rotatable bonds is 5. The molecule has 2 nitrogen and oxygen atoms in total. The van der Waals surface area contributed by atoms with Gasteiger partial charge in [0.25, 0.3) is 0 Å². The molecule has 1 aliphatic rings. The van der Waals surface area contributed by atoms with Crippen molar-refractivity contribution in [1.29, 1.82) is 0 Å². The van der Waals surface area contributed by atoms with Crippen molar-refractivity contribution in [3.8, 4) is 0 Å². The molecule has 2 heteroatoms. The Morgan fingerprint density at radius 3 is 2.48 bits per heavy atom. The maximum absolute atomic E-state index is 3.35. The molecule has 110 valence electrons. The highest BCUT2D eigenvalue weighted by Gasteiger charge is 2.24. The summed E-state index contributed by atoms with van der Waals surface area (Å²) in [6.07, 6.45) is 2.29. The van der Waals surface area contributed by atoms with E-state index in [1.807, 2.05) is 0 Å². The van der Waals surface area contributed by atoms with Crippen molar-refractivity contribution in [2.24, 2.45) is 0 Å². The molecule has 0 aliphatic carbocycles. The van der Waals surface area contributed by atoms with E-state index in [0.717, 1.165) is 32.5 Å². The number of likely N-dealkylation sites (N-methyl/N-ethyl adjacent to an activating group) is 1. The van der Waals surface area contributed by atoms with Crippen LogP contribution in [0.4, 0.5) is 0 Å². The Bertz CT molecular complexity index is 565. The highest BCUT2D eigenvalue weighted by Crippen LogP contribution is 2.23. The zero-order valence-corrected chi connectivity index (χ0v) is 12.8. The van der Waals surface area contributed by atoms with Gasteiger partial charge in [0.15, 0.2) is 0 Å². The average Bonchev–Trinajstić information content (AvgIpc) is 2.54. The monoisotopic (exact) mass is 280 g/mol. The molecule has 2 aromatic carbocycles. The summed E-state index contributed by atoms with van der Waals surface area (Å²) in [5.41, 5.74) is 4.45. The van der Waals surface area contributed by atoms with Gasteiger partial charge in [-0.15, -0.1) is 0 Å². The Balaban J connectivity index is 1.70. The fourth-order valence-corrected chi connectivity index (χ4v) is 3.26. The summed E-state index contributed by atoms with van der Waals surface area (Å²) >= 11 is 0. The van der Waals surface area contributed by atoms with Crippen LogP contribution in [-0.2, 0) is 19.4 Å². The fraction of sp³-hybridized carbons (Fsp3) is 0.368. The van der Waals surface area contributed by atoms with Crippen molar-refractivity contribution in [3.63, 3.8) is 0 Å². The number of hydrogen-bond acceptors (Lipinski definition) is 2. The summed E-state index contributed by atoms with van der Waals surface area (Å²) in [4.78, 5) is 2.63. The third kappa shape index (κ3) is 3.52. The van der Waals surface area contributed by atoms with Crippen molar-refractivity contribution in [3.05, 3.63) is 71.3 Å². The lowest BCUT2D eigenvalue weighted by atomic mass is 9.93. The smallest absolute Gasteiger partial charge is 0.0264 e. The lowest BCUT2D eigenvalue weighted by Gasteiger charge is -2.37. The summed E-state index contributed by atoms with van der Waals surface area (Å²) in [5.74, 6) is 0. The Morgan fingerprint density at radius 2 is 1.71 bits per heavy atom. The second kappa shape index (κ2) is 6.88.